The Kier molecular flexibility index (Phi) is 2.43. The van der Waals surface area contributed by atoms with Crippen molar-refractivity contribution in [2.24, 2.45) is 0 Å². The van der Waals surface area contributed by atoms with Crippen molar-refractivity contribution in [2.45, 2.75) is 6.42 Å². The number of aliphatic hydroxyl groups excluding tert-OH is 1. The van der Waals surface area contributed by atoms with E-state index in [-0.39, 0.29) is 12.4 Å². The number of benzene rings is 1. The minimum absolute atomic E-state index is 0.0319. The smallest absolute Gasteiger partial charge is 0.336 e. The molecule has 4 heteroatoms. The van der Waals surface area contributed by atoms with Gasteiger partial charge in [0.2, 0.25) is 0 Å². The fraction of sp³-hybridized carbons (Fsp3) is 0.182. The first kappa shape index (κ1) is 9.73. The van der Waals surface area contributed by atoms with Crippen molar-refractivity contribution in [3.05, 3.63) is 40.2 Å². The van der Waals surface area contributed by atoms with E-state index in [0.717, 1.165) is 5.39 Å². The van der Waals surface area contributed by atoms with Crippen LogP contribution >= 0.6 is 0 Å². The maximum absolute atomic E-state index is 10.9. The molecule has 2 rings (SSSR count). The highest BCUT2D eigenvalue weighted by Gasteiger charge is 2.05. The van der Waals surface area contributed by atoms with Crippen LogP contribution in [-0.4, -0.2) is 16.8 Å². The van der Waals surface area contributed by atoms with Gasteiger partial charge in [-0.2, -0.15) is 0 Å². The van der Waals surface area contributed by atoms with Gasteiger partial charge in [0.15, 0.2) is 0 Å². The number of hydrogen-bond acceptors (Lipinski definition) is 4. The second kappa shape index (κ2) is 3.74. The summed E-state index contributed by atoms with van der Waals surface area (Å²) in [5.74, 6) is 0.0332. The zero-order valence-electron chi connectivity index (χ0n) is 7.93. The Morgan fingerprint density at radius 2 is 2.07 bits per heavy atom. The second-order valence-electron chi connectivity index (χ2n) is 3.25. The Bertz CT molecular complexity index is 542. The maximum atomic E-state index is 10.9. The van der Waals surface area contributed by atoms with Crippen LogP contribution in [-0.2, 0) is 6.42 Å². The molecule has 0 unspecified atom stereocenters. The molecule has 0 saturated carbocycles. The van der Waals surface area contributed by atoms with Gasteiger partial charge in [-0.3, -0.25) is 0 Å². The van der Waals surface area contributed by atoms with Crippen molar-refractivity contribution in [3.8, 4) is 5.75 Å². The number of aliphatic hydroxyl groups is 1. The van der Waals surface area contributed by atoms with Gasteiger partial charge in [-0.15, -0.1) is 0 Å². The van der Waals surface area contributed by atoms with E-state index in [2.05, 4.69) is 0 Å². The summed E-state index contributed by atoms with van der Waals surface area (Å²) in [6.07, 6.45) is 0.376. The zero-order valence-corrected chi connectivity index (χ0v) is 7.93. The van der Waals surface area contributed by atoms with Gasteiger partial charge in [-0.1, -0.05) is 0 Å². The first-order valence-electron chi connectivity index (χ1n) is 4.57. The normalized spacial score (nSPS) is 10.7. The quantitative estimate of drug-likeness (QED) is 0.720. The lowest BCUT2D eigenvalue weighted by molar-refractivity contribution is 0.297. The van der Waals surface area contributed by atoms with E-state index in [1.807, 2.05) is 0 Å². The summed E-state index contributed by atoms with van der Waals surface area (Å²) in [7, 11) is 0. The van der Waals surface area contributed by atoms with Crippen molar-refractivity contribution < 1.29 is 14.6 Å². The van der Waals surface area contributed by atoms with Gasteiger partial charge in [-0.25, -0.2) is 4.79 Å². The van der Waals surface area contributed by atoms with Crippen LogP contribution in [0.4, 0.5) is 0 Å². The highest BCUT2D eigenvalue weighted by Crippen LogP contribution is 2.24. The molecule has 2 N–H and O–H groups in total. The van der Waals surface area contributed by atoms with Crippen LogP contribution in [0.15, 0.2) is 33.5 Å². The van der Waals surface area contributed by atoms with Crippen molar-refractivity contribution in [1.29, 1.82) is 0 Å². The topological polar surface area (TPSA) is 70.7 Å². The Hall–Kier alpha value is -1.81. The third-order valence-electron chi connectivity index (χ3n) is 2.20. The predicted molar refractivity (Wildman–Crippen MR) is 54.9 cm³/mol. The van der Waals surface area contributed by atoms with Crippen LogP contribution in [0.1, 0.15) is 5.56 Å². The van der Waals surface area contributed by atoms with Gasteiger partial charge in [0, 0.05) is 24.1 Å². The van der Waals surface area contributed by atoms with Crippen molar-refractivity contribution in [2.75, 3.05) is 6.61 Å². The van der Waals surface area contributed by atoms with Crippen LogP contribution in [0.3, 0.4) is 0 Å². The fourth-order valence-electron chi connectivity index (χ4n) is 1.47. The van der Waals surface area contributed by atoms with E-state index in [4.69, 9.17) is 9.52 Å². The molecule has 0 bridgehead atoms. The van der Waals surface area contributed by atoms with Gasteiger partial charge in [0.05, 0.1) is 0 Å². The van der Waals surface area contributed by atoms with E-state index in [9.17, 15) is 9.90 Å². The summed E-state index contributed by atoms with van der Waals surface area (Å²) < 4.78 is 4.90. The summed E-state index contributed by atoms with van der Waals surface area (Å²) in [6.45, 7) is -0.0319. The summed E-state index contributed by atoms with van der Waals surface area (Å²) in [6, 6.07) is 6.04. The van der Waals surface area contributed by atoms with E-state index in [1.54, 1.807) is 12.1 Å². The van der Waals surface area contributed by atoms with Crippen molar-refractivity contribution >= 4 is 11.0 Å². The van der Waals surface area contributed by atoms with E-state index < -0.39 is 5.63 Å². The van der Waals surface area contributed by atoms with E-state index in [1.165, 1.54) is 12.1 Å². The Labute approximate surface area is 85.4 Å². The zero-order chi connectivity index (χ0) is 10.8. The summed E-state index contributed by atoms with van der Waals surface area (Å²) >= 11 is 0. The Morgan fingerprint density at radius 1 is 1.27 bits per heavy atom. The van der Waals surface area contributed by atoms with Crippen LogP contribution < -0.4 is 5.63 Å². The monoisotopic (exact) mass is 206 g/mol. The molecule has 0 spiro atoms. The third-order valence-corrected chi connectivity index (χ3v) is 2.20. The number of aromatic hydroxyl groups is 1. The number of rotatable bonds is 2. The molecule has 0 aliphatic rings. The third kappa shape index (κ3) is 1.85. The molecule has 78 valence electrons. The van der Waals surface area contributed by atoms with E-state index >= 15 is 0 Å². The first-order chi connectivity index (χ1) is 7.20. The first-order valence-corrected chi connectivity index (χ1v) is 4.57. The minimum Gasteiger partial charge on any atom is -0.508 e. The van der Waals surface area contributed by atoms with Crippen molar-refractivity contribution in [1.82, 2.24) is 0 Å². The number of phenols is 1. The van der Waals surface area contributed by atoms with Crippen molar-refractivity contribution in [3.63, 3.8) is 0 Å². The molecule has 15 heavy (non-hydrogen) atoms. The van der Waals surface area contributed by atoms with Gasteiger partial charge < -0.3 is 14.6 Å². The fourth-order valence-corrected chi connectivity index (χ4v) is 1.47. The molecule has 0 aliphatic carbocycles. The second-order valence-corrected chi connectivity index (χ2v) is 3.25. The molecule has 0 aliphatic heterocycles. The molecule has 1 aromatic carbocycles. The number of hydrogen-bond donors (Lipinski definition) is 2. The summed E-state index contributed by atoms with van der Waals surface area (Å²) in [5.41, 5.74) is 0.539. The molecule has 1 aromatic heterocycles. The van der Waals surface area contributed by atoms with E-state index in [0.29, 0.717) is 17.6 Å². The van der Waals surface area contributed by atoms with Gasteiger partial charge in [-0.05, 0) is 24.1 Å². The SMILES string of the molecule is O=c1ccc2cc(CCO)c(O)cc2o1. The molecule has 1 heterocycles. The average molecular weight is 206 g/mol. The highest BCUT2D eigenvalue weighted by atomic mass is 16.4. The molecule has 0 saturated heterocycles. The Morgan fingerprint density at radius 3 is 2.80 bits per heavy atom. The summed E-state index contributed by atoms with van der Waals surface area (Å²) in [5, 5.41) is 19.1. The number of phenolic OH excluding ortho intramolecular Hbond substituents is 1. The molecule has 0 radical (unpaired) electrons. The lowest BCUT2D eigenvalue weighted by atomic mass is 10.1. The molecule has 0 fully saturated rings. The highest BCUT2D eigenvalue weighted by molar-refractivity contribution is 5.79. The number of fused-ring (bicyclic) bond motifs is 1. The standard InChI is InChI=1S/C11H10O4/c12-4-3-7-5-8-1-2-11(14)15-10(8)6-9(7)13/h1-2,5-6,12-13H,3-4H2. The average Bonchev–Trinajstić information content (AvgIpc) is 2.20. The molecule has 2 aromatic rings. The molecule has 4 nitrogen and oxygen atoms in total. The van der Waals surface area contributed by atoms with Crippen LogP contribution in [0.25, 0.3) is 11.0 Å². The van der Waals surface area contributed by atoms with Gasteiger partial charge >= 0.3 is 5.63 Å². The maximum Gasteiger partial charge on any atom is 0.336 e. The molecular weight excluding hydrogens is 196 g/mol. The molecule has 0 amide bonds. The van der Waals surface area contributed by atoms with Gasteiger partial charge in [0.25, 0.3) is 0 Å². The van der Waals surface area contributed by atoms with Crippen LogP contribution in [0.5, 0.6) is 5.75 Å². The van der Waals surface area contributed by atoms with Crippen LogP contribution in [0, 0.1) is 0 Å². The van der Waals surface area contributed by atoms with Crippen LogP contribution in [0.2, 0.25) is 0 Å². The lowest BCUT2D eigenvalue weighted by Gasteiger charge is -2.03. The summed E-state index contributed by atoms with van der Waals surface area (Å²) in [4.78, 5) is 10.9. The van der Waals surface area contributed by atoms with Gasteiger partial charge in [0.1, 0.15) is 11.3 Å². The lowest BCUT2D eigenvalue weighted by Crippen LogP contribution is -1.96. The minimum atomic E-state index is -0.447. The molecular formula is C11H10O4. The Balaban J connectivity index is 2.65. The molecule has 0 atom stereocenters. The largest absolute Gasteiger partial charge is 0.508 e. The predicted octanol–water partition coefficient (Wildman–Crippen LogP) is 1.03.